The maximum absolute atomic E-state index is 12.4. The lowest BCUT2D eigenvalue weighted by Gasteiger charge is -2.31. The summed E-state index contributed by atoms with van der Waals surface area (Å²) in [6.45, 7) is 1.76. The van der Waals surface area contributed by atoms with E-state index in [2.05, 4.69) is 15.2 Å². The second-order valence-corrected chi connectivity index (χ2v) is 9.91. The lowest BCUT2D eigenvalue weighted by atomic mass is 10.0. The maximum Gasteiger partial charge on any atom is 0.422 e. The van der Waals surface area contributed by atoms with Gasteiger partial charge in [0, 0.05) is 37.0 Å². The molecule has 10 heteroatoms. The molecule has 1 saturated heterocycles. The van der Waals surface area contributed by atoms with Gasteiger partial charge in [-0.3, -0.25) is 4.79 Å². The fourth-order valence-corrected chi connectivity index (χ4v) is 5.22. The molecule has 6 nitrogen and oxygen atoms in total. The van der Waals surface area contributed by atoms with E-state index in [0.29, 0.717) is 13.0 Å². The highest BCUT2D eigenvalue weighted by atomic mass is 32.1. The van der Waals surface area contributed by atoms with Gasteiger partial charge in [-0.1, -0.05) is 41.7 Å². The molecule has 1 aromatic carbocycles. The van der Waals surface area contributed by atoms with Gasteiger partial charge in [0.15, 0.2) is 6.61 Å². The van der Waals surface area contributed by atoms with Crippen molar-refractivity contribution in [1.82, 2.24) is 15.2 Å². The quantitative estimate of drug-likeness (QED) is 0.539. The molecule has 0 saturated carbocycles. The Morgan fingerprint density at radius 3 is 2.77 bits per heavy atom. The molecular weight excluding hydrogens is 479 g/mol. The summed E-state index contributed by atoms with van der Waals surface area (Å²) in [6.07, 6.45) is 3.33. The van der Waals surface area contributed by atoms with Crippen LogP contribution in [0.1, 0.15) is 35.4 Å². The van der Waals surface area contributed by atoms with Crippen molar-refractivity contribution in [2.45, 2.75) is 50.4 Å². The first-order chi connectivity index (χ1) is 16.8. The predicted molar refractivity (Wildman–Crippen MR) is 129 cm³/mol. The van der Waals surface area contributed by atoms with Crippen molar-refractivity contribution in [2.24, 2.45) is 0 Å². The van der Waals surface area contributed by atoms with Crippen molar-refractivity contribution in [3.63, 3.8) is 0 Å². The average Bonchev–Trinajstić information content (AvgIpc) is 3.14. The summed E-state index contributed by atoms with van der Waals surface area (Å²) >= 11 is 1.22. The van der Waals surface area contributed by atoms with E-state index in [1.165, 1.54) is 11.3 Å². The summed E-state index contributed by atoms with van der Waals surface area (Å²) in [5, 5.41) is 3.12. The van der Waals surface area contributed by atoms with Gasteiger partial charge in [-0.2, -0.15) is 13.2 Å². The van der Waals surface area contributed by atoms with Crippen LogP contribution >= 0.6 is 11.3 Å². The molecule has 4 rings (SSSR count). The third-order valence-corrected chi connectivity index (χ3v) is 7.22. The van der Waals surface area contributed by atoms with Crippen LogP contribution in [-0.2, 0) is 22.4 Å². The molecule has 0 aliphatic carbocycles. The number of aromatic nitrogens is 1. The van der Waals surface area contributed by atoms with E-state index in [9.17, 15) is 18.0 Å². The Bertz CT molecular complexity index is 963. The first-order valence-electron chi connectivity index (χ1n) is 11.9. The molecule has 2 aliphatic rings. The highest BCUT2D eigenvalue weighted by molar-refractivity contribution is 7.13. The highest BCUT2D eigenvalue weighted by Crippen LogP contribution is 2.29. The van der Waals surface area contributed by atoms with E-state index in [0.717, 1.165) is 61.5 Å². The Morgan fingerprint density at radius 1 is 1.23 bits per heavy atom. The van der Waals surface area contributed by atoms with E-state index in [1.807, 2.05) is 30.3 Å². The van der Waals surface area contributed by atoms with Gasteiger partial charge in [0.25, 0.3) is 5.19 Å². The second kappa shape index (κ2) is 12.0. The Kier molecular flexibility index (Phi) is 8.80. The third kappa shape index (κ3) is 8.33. The number of hydrogen-bond donors (Lipinski definition) is 1. The minimum absolute atomic E-state index is 0.0215. The molecule has 2 aliphatic heterocycles. The van der Waals surface area contributed by atoms with Crippen molar-refractivity contribution < 1.29 is 27.4 Å². The molecule has 0 spiro atoms. The third-order valence-electron chi connectivity index (χ3n) is 6.15. The number of ether oxygens (including phenoxy) is 2. The number of amides is 1. The molecule has 0 unspecified atom stereocenters. The van der Waals surface area contributed by atoms with Crippen LogP contribution in [0.25, 0.3) is 6.08 Å². The monoisotopic (exact) mass is 509 g/mol. The molecule has 2 atom stereocenters. The van der Waals surface area contributed by atoms with Crippen LogP contribution < -0.4 is 10.1 Å². The van der Waals surface area contributed by atoms with Crippen LogP contribution in [-0.4, -0.2) is 67.0 Å². The van der Waals surface area contributed by atoms with Gasteiger partial charge in [0.1, 0.15) is 0 Å². The Balaban J connectivity index is 1.13. The Labute approximate surface area is 207 Å². The van der Waals surface area contributed by atoms with E-state index in [4.69, 9.17) is 9.47 Å². The Hall–Kier alpha value is -2.43. The molecule has 0 radical (unpaired) electrons. The van der Waals surface area contributed by atoms with Crippen LogP contribution in [0, 0.1) is 0 Å². The van der Waals surface area contributed by atoms with E-state index in [-0.39, 0.29) is 23.2 Å². The molecule has 2 aromatic rings. The van der Waals surface area contributed by atoms with Crippen LogP contribution in [0.2, 0.25) is 0 Å². The predicted octanol–water partition coefficient (Wildman–Crippen LogP) is 4.25. The summed E-state index contributed by atoms with van der Waals surface area (Å²) in [4.78, 5) is 19.8. The number of carbonyl (C=O) groups excluding carboxylic acids is 1. The number of benzene rings is 1. The zero-order valence-electron chi connectivity index (χ0n) is 19.4. The van der Waals surface area contributed by atoms with Crippen LogP contribution in [0.3, 0.4) is 0 Å². The molecule has 1 fully saturated rings. The van der Waals surface area contributed by atoms with Crippen molar-refractivity contribution in [3.8, 4) is 5.19 Å². The molecular formula is C25H30F3N3O3S. The number of hydrogen-bond acceptors (Lipinski definition) is 6. The minimum Gasteiger partial charge on any atom is -0.460 e. The lowest BCUT2D eigenvalue weighted by Crippen LogP contribution is -2.43. The summed E-state index contributed by atoms with van der Waals surface area (Å²) in [6, 6.07) is 9.72. The smallest absolute Gasteiger partial charge is 0.422 e. The SMILES string of the molecule is O=C(/C=C/c1ccccc1)N[C@H]1CC[C@H](CCN2CCc3nc(OCC(F)(F)F)sc3CC2)OC1. The fraction of sp³-hybridized carbons (Fsp3) is 0.520. The van der Waals surface area contributed by atoms with Gasteiger partial charge in [-0.05, 0) is 37.3 Å². The molecule has 0 bridgehead atoms. The summed E-state index contributed by atoms with van der Waals surface area (Å²) in [7, 11) is 0. The molecule has 1 aromatic heterocycles. The number of nitrogens with one attached hydrogen (secondary N) is 1. The highest BCUT2D eigenvalue weighted by Gasteiger charge is 2.30. The molecule has 190 valence electrons. The number of fused-ring (bicyclic) bond motifs is 1. The fourth-order valence-electron chi connectivity index (χ4n) is 4.27. The number of carbonyl (C=O) groups is 1. The number of rotatable bonds is 8. The molecule has 3 heterocycles. The van der Waals surface area contributed by atoms with Crippen molar-refractivity contribution in [1.29, 1.82) is 0 Å². The first-order valence-corrected chi connectivity index (χ1v) is 12.7. The summed E-state index contributed by atoms with van der Waals surface area (Å²) in [5.41, 5.74) is 1.83. The summed E-state index contributed by atoms with van der Waals surface area (Å²) in [5.74, 6) is -0.112. The van der Waals surface area contributed by atoms with Gasteiger partial charge in [0.2, 0.25) is 5.91 Å². The number of nitrogens with zero attached hydrogens (tertiary/aromatic N) is 2. The first kappa shape index (κ1) is 25.7. The van der Waals surface area contributed by atoms with Crippen molar-refractivity contribution in [3.05, 3.63) is 52.5 Å². The average molecular weight is 510 g/mol. The second-order valence-electron chi connectivity index (χ2n) is 8.87. The van der Waals surface area contributed by atoms with E-state index in [1.54, 1.807) is 12.2 Å². The van der Waals surface area contributed by atoms with Gasteiger partial charge < -0.3 is 19.7 Å². The van der Waals surface area contributed by atoms with Crippen LogP contribution in [0.4, 0.5) is 13.2 Å². The largest absolute Gasteiger partial charge is 0.460 e. The zero-order valence-corrected chi connectivity index (χ0v) is 20.2. The molecule has 1 N–H and O–H groups in total. The van der Waals surface area contributed by atoms with Gasteiger partial charge in [0.05, 0.1) is 24.4 Å². The molecule has 1 amide bonds. The zero-order chi connectivity index (χ0) is 24.7. The van der Waals surface area contributed by atoms with Gasteiger partial charge >= 0.3 is 6.18 Å². The van der Waals surface area contributed by atoms with E-state index < -0.39 is 12.8 Å². The molecule has 35 heavy (non-hydrogen) atoms. The van der Waals surface area contributed by atoms with E-state index >= 15 is 0 Å². The Morgan fingerprint density at radius 2 is 2.03 bits per heavy atom. The van der Waals surface area contributed by atoms with Crippen LogP contribution in [0.5, 0.6) is 5.19 Å². The normalized spacial score (nSPS) is 21.5. The van der Waals surface area contributed by atoms with Crippen molar-refractivity contribution in [2.75, 3.05) is 32.8 Å². The van der Waals surface area contributed by atoms with Gasteiger partial charge in [-0.25, -0.2) is 4.98 Å². The lowest BCUT2D eigenvalue weighted by molar-refractivity contribution is -0.153. The number of halogens is 3. The topological polar surface area (TPSA) is 63.7 Å². The minimum atomic E-state index is -4.36. The standard InChI is InChI=1S/C25H30F3N3O3S/c26-25(27,28)17-34-24-30-21-11-14-31(15-12-22(21)35-24)13-10-20-8-7-19(16-33-20)29-23(32)9-6-18-4-2-1-3-5-18/h1-6,9,19-20H,7-8,10-17H2,(H,29,32)/b9-6+/t19-,20+/m0/s1. The summed E-state index contributed by atoms with van der Waals surface area (Å²) < 4.78 is 47.9. The van der Waals surface area contributed by atoms with Crippen LogP contribution in [0.15, 0.2) is 36.4 Å². The van der Waals surface area contributed by atoms with Gasteiger partial charge in [-0.15, -0.1) is 0 Å². The maximum atomic E-state index is 12.4. The van der Waals surface area contributed by atoms with Crippen molar-refractivity contribution >= 4 is 23.3 Å². The number of alkyl halides is 3. The number of thiazole rings is 1.